The third-order valence-corrected chi connectivity index (χ3v) is 5.84. The van der Waals surface area contributed by atoms with E-state index >= 15 is 0 Å². The Labute approximate surface area is 189 Å². The lowest BCUT2D eigenvalue weighted by Crippen LogP contribution is -2.26. The molecule has 0 spiro atoms. The summed E-state index contributed by atoms with van der Waals surface area (Å²) >= 11 is 0. The molecule has 32 heavy (non-hydrogen) atoms. The molecule has 0 atom stereocenters. The largest absolute Gasteiger partial charge is 0.416 e. The molecule has 0 unspecified atom stereocenters. The highest BCUT2D eigenvalue weighted by molar-refractivity contribution is 5.85. The van der Waals surface area contributed by atoms with E-state index < -0.39 is 11.7 Å². The van der Waals surface area contributed by atoms with Crippen molar-refractivity contribution in [1.82, 2.24) is 20.0 Å². The summed E-state index contributed by atoms with van der Waals surface area (Å²) in [6.45, 7) is 2.46. The molecule has 4 aromatic rings. The molecule has 1 saturated heterocycles. The van der Waals surface area contributed by atoms with Crippen molar-refractivity contribution in [2.45, 2.75) is 31.5 Å². The Morgan fingerprint density at radius 1 is 1.03 bits per heavy atom. The molecule has 1 N–H and O–H groups in total. The van der Waals surface area contributed by atoms with Gasteiger partial charge in [-0.2, -0.15) is 18.2 Å². The zero-order valence-corrected chi connectivity index (χ0v) is 17.9. The maximum absolute atomic E-state index is 12.8. The molecular weight excluding hydrogens is 441 g/mol. The summed E-state index contributed by atoms with van der Waals surface area (Å²) < 4.78 is 45.8. The summed E-state index contributed by atoms with van der Waals surface area (Å²) in [6, 6.07) is 13.0. The topological polar surface area (TPSA) is 55.9 Å². The Kier molecular flexibility index (Phi) is 6.26. The lowest BCUT2D eigenvalue weighted by Gasteiger charge is -2.22. The van der Waals surface area contributed by atoms with Gasteiger partial charge >= 0.3 is 6.18 Å². The highest BCUT2D eigenvalue weighted by Gasteiger charge is 2.30. The minimum absolute atomic E-state index is 0. The van der Waals surface area contributed by atoms with E-state index in [4.69, 9.17) is 4.52 Å². The van der Waals surface area contributed by atoms with E-state index in [9.17, 15) is 13.2 Å². The van der Waals surface area contributed by atoms with Gasteiger partial charge in [-0.25, -0.2) is 0 Å². The molecule has 0 aliphatic carbocycles. The monoisotopic (exact) mass is 462 g/mol. The zero-order chi connectivity index (χ0) is 21.4. The predicted molar refractivity (Wildman–Crippen MR) is 118 cm³/mol. The number of nitrogens with zero attached hydrogens (tertiary/aromatic N) is 3. The standard InChI is InChI=1S/C23H21F3N4O.ClH/c24-23(25,26)17-7-5-16(6-8-17)22-28-21(29-31-22)14-30-13-19(15-9-11-27-12-10-15)18-3-1-2-4-20(18)30;/h1-8,13,15,27H,9-12,14H2;1H. The van der Waals surface area contributed by atoms with Gasteiger partial charge in [0.05, 0.1) is 12.1 Å². The summed E-state index contributed by atoms with van der Waals surface area (Å²) in [7, 11) is 0. The van der Waals surface area contributed by atoms with Crippen LogP contribution in [-0.4, -0.2) is 27.8 Å². The average molecular weight is 463 g/mol. The van der Waals surface area contributed by atoms with E-state index in [1.807, 2.05) is 12.1 Å². The summed E-state index contributed by atoms with van der Waals surface area (Å²) in [5.74, 6) is 1.20. The van der Waals surface area contributed by atoms with Crippen LogP contribution < -0.4 is 5.32 Å². The number of nitrogens with one attached hydrogen (secondary N) is 1. The van der Waals surface area contributed by atoms with E-state index in [-0.39, 0.29) is 18.3 Å². The van der Waals surface area contributed by atoms with Gasteiger partial charge in [0.2, 0.25) is 0 Å². The average Bonchev–Trinajstić information content (AvgIpc) is 3.40. The molecule has 2 aromatic carbocycles. The van der Waals surface area contributed by atoms with Gasteiger partial charge in [0.15, 0.2) is 5.82 Å². The molecule has 1 fully saturated rings. The first-order valence-corrected chi connectivity index (χ1v) is 10.3. The highest BCUT2D eigenvalue weighted by Crippen LogP contribution is 2.34. The van der Waals surface area contributed by atoms with Crippen molar-refractivity contribution in [2.75, 3.05) is 13.1 Å². The zero-order valence-electron chi connectivity index (χ0n) is 17.1. The number of rotatable bonds is 4. The van der Waals surface area contributed by atoms with Crippen molar-refractivity contribution in [3.63, 3.8) is 0 Å². The predicted octanol–water partition coefficient (Wildman–Crippen LogP) is 5.65. The first-order valence-electron chi connectivity index (χ1n) is 10.3. The van der Waals surface area contributed by atoms with Crippen molar-refractivity contribution < 1.29 is 17.7 Å². The summed E-state index contributed by atoms with van der Waals surface area (Å²) in [6.07, 6.45) is 0.0114. The van der Waals surface area contributed by atoms with E-state index in [1.54, 1.807) is 0 Å². The van der Waals surface area contributed by atoms with Crippen LogP contribution in [0.2, 0.25) is 0 Å². The molecule has 3 heterocycles. The number of hydrogen-bond acceptors (Lipinski definition) is 4. The van der Waals surface area contributed by atoms with Gasteiger partial charge in [0.25, 0.3) is 5.89 Å². The number of benzene rings is 2. The quantitative estimate of drug-likeness (QED) is 0.426. The van der Waals surface area contributed by atoms with Crippen LogP contribution in [0.15, 0.2) is 59.3 Å². The van der Waals surface area contributed by atoms with Crippen molar-refractivity contribution >= 4 is 23.3 Å². The molecule has 5 rings (SSSR count). The summed E-state index contributed by atoms with van der Waals surface area (Å²) in [5.41, 5.74) is 2.19. The number of hydrogen-bond donors (Lipinski definition) is 1. The normalized spacial score (nSPS) is 15.1. The number of para-hydroxylation sites is 1. The van der Waals surface area contributed by atoms with Gasteiger partial charge in [-0.1, -0.05) is 23.4 Å². The fourth-order valence-corrected chi connectivity index (χ4v) is 4.25. The van der Waals surface area contributed by atoms with E-state index in [2.05, 4.69) is 38.4 Å². The molecule has 0 saturated carbocycles. The number of alkyl halides is 3. The minimum Gasteiger partial charge on any atom is -0.339 e. The SMILES string of the molecule is Cl.FC(F)(F)c1ccc(-c2nc(Cn3cc(C4CCNCC4)c4ccccc43)no2)cc1. The molecule has 2 aromatic heterocycles. The second kappa shape index (κ2) is 8.96. The van der Waals surface area contributed by atoms with Crippen molar-refractivity contribution in [1.29, 1.82) is 0 Å². The van der Waals surface area contributed by atoms with Crippen LogP contribution >= 0.6 is 12.4 Å². The van der Waals surface area contributed by atoms with E-state index in [1.165, 1.54) is 23.1 Å². The van der Waals surface area contributed by atoms with Crippen LogP contribution in [0.4, 0.5) is 13.2 Å². The fourth-order valence-electron chi connectivity index (χ4n) is 4.25. The number of halogens is 4. The maximum atomic E-state index is 12.8. The van der Waals surface area contributed by atoms with Crippen LogP contribution in [0.25, 0.3) is 22.4 Å². The van der Waals surface area contributed by atoms with Crippen molar-refractivity contribution in [2.24, 2.45) is 0 Å². The van der Waals surface area contributed by atoms with E-state index in [0.29, 0.717) is 23.9 Å². The van der Waals surface area contributed by atoms with Crippen LogP contribution in [0.1, 0.15) is 35.7 Å². The Hall–Kier alpha value is -2.84. The van der Waals surface area contributed by atoms with Gasteiger partial charge in [-0.15, -0.1) is 12.4 Å². The lowest BCUT2D eigenvalue weighted by molar-refractivity contribution is -0.137. The lowest BCUT2D eigenvalue weighted by atomic mass is 9.90. The molecule has 0 bridgehead atoms. The fraction of sp³-hybridized carbons (Fsp3) is 0.304. The van der Waals surface area contributed by atoms with Crippen LogP contribution in [0, 0.1) is 0 Å². The summed E-state index contributed by atoms with van der Waals surface area (Å²) in [4.78, 5) is 4.41. The Morgan fingerprint density at radius 3 is 2.47 bits per heavy atom. The second-order valence-electron chi connectivity index (χ2n) is 7.84. The molecule has 9 heteroatoms. The van der Waals surface area contributed by atoms with Crippen molar-refractivity contribution in [3.05, 3.63) is 71.7 Å². The maximum Gasteiger partial charge on any atom is 0.416 e. The van der Waals surface area contributed by atoms with Crippen LogP contribution in [-0.2, 0) is 12.7 Å². The number of aromatic nitrogens is 3. The van der Waals surface area contributed by atoms with E-state index in [0.717, 1.165) is 43.6 Å². The molecule has 168 valence electrons. The number of fused-ring (bicyclic) bond motifs is 1. The first-order chi connectivity index (χ1) is 15.0. The molecule has 0 radical (unpaired) electrons. The van der Waals surface area contributed by atoms with Crippen molar-refractivity contribution in [3.8, 4) is 11.5 Å². The smallest absolute Gasteiger partial charge is 0.339 e. The molecule has 5 nitrogen and oxygen atoms in total. The highest BCUT2D eigenvalue weighted by atomic mass is 35.5. The molecular formula is C23H22ClF3N4O. The van der Waals surface area contributed by atoms with Gasteiger partial charge in [-0.3, -0.25) is 0 Å². The van der Waals surface area contributed by atoms with Gasteiger partial charge in [0, 0.05) is 22.7 Å². The first kappa shape index (κ1) is 22.4. The van der Waals surface area contributed by atoms with Gasteiger partial charge in [-0.05, 0) is 67.7 Å². The Bertz CT molecular complexity index is 1190. The van der Waals surface area contributed by atoms with Gasteiger partial charge < -0.3 is 14.4 Å². The van der Waals surface area contributed by atoms with Gasteiger partial charge in [0.1, 0.15) is 0 Å². The van der Waals surface area contributed by atoms with Crippen LogP contribution in [0.3, 0.4) is 0 Å². The molecule has 1 aliphatic rings. The minimum atomic E-state index is -4.37. The Morgan fingerprint density at radius 2 is 1.75 bits per heavy atom. The third-order valence-electron chi connectivity index (χ3n) is 5.84. The Balaban J connectivity index is 0.00000245. The molecule has 1 aliphatic heterocycles. The summed E-state index contributed by atoms with van der Waals surface area (Å²) in [5, 5.41) is 8.69. The molecule has 0 amide bonds. The second-order valence-corrected chi connectivity index (χ2v) is 7.84. The third kappa shape index (κ3) is 4.38. The number of piperidine rings is 1. The van der Waals surface area contributed by atoms with Crippen LogP contribution in [0.5, 0.6) is 0 Å².